The van der Waals surface area contributed by atoms with Crippen molar-refractivity contribution in [3.63, 3.8) is 0 Å². The number of aliphatic carboxylic acids is 1. The molecule has 33 heavy (non-hydrogen) atoms. The lowest BCUT2D eigenvalue weighted by molar-refractivity contribution is -0.134. The van der Waals surface area contributed by atoms with Crippen LogP contribution in [0.4, 0.5) is 0 Å². The quantitative estimate of drug-likeness (QED) is 0.334. The van der Waals surface area contributed by atoms with Crippen LogP contribution in [0.3, 0.4) is 0 Å². The Hall–Kier alpha value is -2.40. The topological polar surface area (TPSA) is 71.4 Å². The highest BCUT2D eigenvalue weighted by Crippen LogP contribution is 2.40. The second-order valence-corrected chi connectivity index (χ2v) is 11.6. The Labute approximate surface area is 200 Å². The van der Waals surface area contributed by atoms with E-state index < -0.39 is 21.1 Å². The predicted octanol–water partition coefficient (Wildman–Crippen LogP) is 7.31. The van der Waals surface area contributed by atoms with E-state index in [4.69, 9.17) is 9.90 Å². The van der Waals surface area contributed by atoms with E-state index >= 15 is 0 Å². The second kappa shape index (κ2) is 12.7. The maximum absolute atomic E-state index is 13.3. The summed E-state index contributed by atoms with van der Waals surface area (Å²) in [4.78, 5) is 9.38. The fourth-order valence-electron chi connectivity index (χ4n) is 4.05. The zero-order valence-electron chi connectivity index (χ0n) is 21.2. The first-order valence-corrected chi connectivity index (χ1v) is 13.0. The van der Waals surface area contributed by atoms with E-state index in [0.29, 0.717) is 11.3 Å². The normalized spacial score (nSPS) is 18.0. The molecule has 1 aromatic rings. The SMILES string of the molecule is CC(=O)O.CC=C(C)CC(C=C(C)C=CC1=C(C)CCCC1(C)C)S(=O)(=O)c1ccccc1. The Kier molecular flexibility index (Phi) is 11.1. The van der Waals surface area contributed by atoms with E-state index in [-0.39, 0.29) is 5.41 Å². The summed E-state index contributed by atoms with van der Waals surface area (Å²) in [6.07, 6.45) is 12.3. The first-order chi connectivity index (χ1) is 15.3. The van der Waals surface area contributed by atoms with Gasteiger partial charge in [-0.05, 0) is 76.5 Å². The van der Waals surface area contributed by atoms with E-state index in [9.17, 15) is 8.42 Å². The third kappa shape index (κ3) is 9.17. The number of hydrogen-bond donors (Lipinski definition) is 1. The third-order valence-electron chi connectivity index (χ3n) is 5.99. The molecule has 0 radical (unpaired) electrons. The van der Waals surface area contributed by atoms with Gasteiger partial charge in [0.2, 0.25) is 0 Å². The molecule has 0 fully saturated rings. The van der Waals surface area contributed by atoms with Gasteiger partial charge in [0, 0.05) is 6.92 Å². The van der Waals surface area contributed by atoms with Crippen molar-refractivity contribution in [2.75, 3.05) is 0 Å². The van der Waals surface area contributed by atoms with Crippen LogP contribution in [0.5, 0.6) is 0 Å². The van der Waals surface area contributed by atoms with Crippen LogP contribution in [0, 0.1) is 5.41 Å². The molecule has 4 nitrogen and oxygen atoms in total. The molecule has 2 rings (SSSR count). The third-order valence-corrected chi connectivity index (χ3v) is 8.02. The molecule has 1 aliphatic carbocycles. The highest BCUT2D eigenvalue weighted by atomic mass is 32.2. The number of carbonyl (C=O) groups is 1. The Bertz CT molecular complexity index is 1020. The zero-order chi connectivity index (χ0) is 25.2. The summed E-state index contributed by atoms with van der Waals surface area (Å²) in [6.45, 7) is 13.8. The summed E-state index contributed by atoms with van der Waals surface area (Å²) in [5.74, 6) is -0.833. The van der Waals surface area contributed by atoms with E-state index in [1.165, 1.54) is 24.0 Å². The maximum Gasteiger partial charge on any atom is 0.300 e. The molecule has 182 valence electrons. The lowest BCUT2D eigenvalue weighted by atomic mass is 9.72. The highest BCUT2D eigenvalue weighted by molar-refractivity contribution is 7.92. The van der Waals surface area contributed by atoms with Gasteiger partial charge in [0.1, 0.15) is 0 Å². The Morgan fingerprint density at radius 3 is 2.24 bits per heavy atom. The lowest BCUT2D eigenvalue weighted by Gasteiger charge is -2.33. The smallest absolute Gasteiger partial charge is 0.300 e. The van der Waals surface area contributed by atoms with Gasteiger partial charge in [-0.2, -0.15) is 0 Å². The first kappa shape index (κ1) is 28.6. The van der Waals surface area contributed by atoms with Crippen molar-refractivity contribution >= 4 is 15.8 Å². The van der Waals surface area contributed by atoms with Gasteiger partial charge in [-0.25, -0.2) is 8.42 Å². The van der Waals surface area contributed by atoms with Gasteiger partial charge in [-0.15, -0.1) is 0 Å². The van der Waals surface area contributed by atoms with E-state index in [0.717, 1.165) is 24.5 Å². The monoisotopic (exact) mass is 472 g/mol. The first-order valence-electron chi connectivity index (χ1n) is 11.5. The summed E-state index contributed by atoms with van der Waals surface area (Å²) in [7, 11) is -3.44. The minimum absolute atomic E-state index is 0.177. The Balaban J connectivity index is 0.00000125. The molecule has 0 amide bonds. The summed E-state index contributed by atoms with van der Waals surface area (Å²) >= 11 is 0. The van der Waals surface area contributed by atoms with Crippen molar-refractivity contribution < 1.29 is 18.3 Å². The molecule has 0 saturated heterocycles. The molecule has 0 bridgehead atoms. The molecule has 0 heterocycles. The number of benzene rings is 1. The fourth-order valence-corrected chi connectivity index (χ4v) is 5.81. The average Bonchev–Trinajstić information content (AvgIpc) is 2.72. The molecule has 1 unspecified atom stereocenters. The highest BCUT2D eigenvalue weighted by Gasteiger charge is 2.27. The number of carboxylic acid groups (broad SMARTS) is 1. The van der Waals surface area contributed by atoms with Crippen LogP contribution < -0.4 is 0 Å². The summed E-state index contributed by atoms with van der Waals surface area (Å²) in [6, 6.07) is 8.78. The Morgan fingerprint density at radius 2 is 1.73 bits per heavy atom. The Morgan fingerprint density at radius 1 is 1.15 bits per heavy atom. The van der Waals surface area contributed by atoms with Crippen molar-refractivity contribution in [2.45, 2.75) is 84.3 Å². The van der Waals surface area contributed by atoms with Crippen LogP contribution >= 0.6 is 0 Å². The minimum atomic E-state index is -3.44. The largest absolute Gasteiger partial charge is 0.481 e. The van der Waals surface area contributed by atoms with Gasteiger partial charge in [0.25, 0.3) is 5.97 Å². The number of hydrogen-bond acceptors (Lipinski definition) is 3. The molecule has 0 aliphatic heterocycles. The van der Waals surface area contributed by atoms with Crippen LogP contribution in [0.25, 0.3) is 0 Å². The van der Waals surface area contributed by atoms with E-state index in [1.807, 2.05) is 39.0 Å². The summed E-state index contributed by atoms with van der Waals surface area (Å²) in [5.41, 5.74) is 5.08. The van der Waals surface area contributed by atoms with E-state index in [1.54, 1.807) is 24.3 Å². The molecular weight excluding hydrogens is 432 g/mol. The molecule has 1 N–H and O–H groups in total. The van der Waals surface area contributed by atoms with Crippen molar-refractivity contribution in [1.29, 1.82) is 0 Å². The van der Waals surface area contributed by atoms with Crippen LogP contribution in [-0.4, -0.2) is 24.7 Å². The second-order valence-electron chi connectivity index (χ2n) is 9.43. The maximum atomic E-state index is 13.3. The summed E-state index contributed by atoms with van der Waals surface area (Å²) < 4.78 is 26.6. The fraction of sp³-hybridized carbons (Fsp3) is 0.464. The lowest BCUT2D eigenvalue weighted by Crippen LogP contribution is -2.20. The molecule has 5 heteroatoms. The van der Waals surface area contributed by atoms with Crippen molar-refractivity contribution in [3.05, 3.63) is 76.9 Å². The van der Waals surface area contributed by atoms with Crippen molar-refractivity contribution in [2.24, 2.45) is 5.41 Å². The number of allylic oxidation sites excluding steroid dienone is 7. The average molecular weight is 473 g/mol. The van der Waals surface area contributed by atoms with Gasteiger partial charge in [0.05, 0.1) is 10.1 Å². The molecule has 1 atom stereocenters. The standard InChI is InChI=1S/C26H36O2S.C2H4O2/c1-7-20(2)18-24(29(27,28)23-13-9-8-10-14-23)19-21(3)15-16-25-22(4)12-11-17-26(25,5)6;1-2(3)4/h7-10,13-16,19,24H,11-12,17-18H2,1-6H3;1H3,(H,3,4). The molecule has 0 aromatic heterocycles. The molecule has 1 aliphatic rings. The molecule has 1 aromatic carbocycles. The molecule has 0 spiro atoms. The van der Waals surface area contributed by atoms with Gasteiger partial charge < -0.3 is 5.11 Å². The molecular formula is C28H40O4S. The predicted molar refractivity (Wildman–Crippen MR) is 138 cm³/mol. The number of rotatable bonds is 7. The minimum Gasteiger partial charge on any atom is -0.481 e. The van der Waals surface area contributed by atoms with E-state index in [2.05, 4.69) is 32.9 Å². The number of carboxylic acids is 1. The van der Waals surface area contributed by atoms with Crippen LogP contribution in [0.15, 0.2) is 81.8 Å². The van der Waals surface area contributed by atoms with Gasteiger partial charge in [-0.3, -0.25) is 4.79 Å². The zero-order valence-corrected chi connectivity index (χ0v) is 22.0. The van der Waals surface area contributed by atoms with Gasteiger partial charge in [-0.1, -0.05) is 73.1 Å². The number of sulfone groups is 1. The van der Waals surface area contributed by atoms with Crippen molar-refractivity contribution in [3.8, 4) is 0 Å². The van der Waals surface area contributed by atoms with Gasteiger partial charge >= 0.3 is 0 Å². The van der Waals surface area contributed by atoms with Gasteiger partial charge in [0.15, 0.2) is 9.84 Å². The molecule has 0 saturated carbocycles. The van der Waals surface area contributed by atoms with Crippen LogP contribution in [-0.2, 0) is 14.6 Å². The van der Waals surface area contributed by atoms with Crippen LogP contribution in [0.1, 0.15) is 74.1 Å². The van der Waals surface area contributed by atoms with Crippen molar-refractivity contribution in [1.82, 2.24) is 0 Å². The summed E-state index contributed by atoms with van der Waals surface area (Å²) in [5, 5.41) is 6.85. The van der Waals surface area contributed by atoms with Crippen LogP contribution in [0.2, 0.25) is 0 Å².